The van der Waals surface area contributed by atoms with E-state index in [1.807, 2.05) is 13.0 Å². The molecule has 0 atom stereocenters. The van der Waals surface area contributed by atoms with Crippen molar-refractivity contribution < 1.29 is 18.7 Å². The van der Waals surface area contributed by atoms with Crippen LogP contribution in [0.25, 0.3) is 22.3 Å². The summed E-state index contributed by atoms with van der Waals surface area (Å²) in [6.45, 7) is 5.64. The summed E-state index contributed by atoms with van der Waals surface area (Å²) in [5, 5.41) is 1.03. The zero-order chi connectivity index (χ0) is 23.5. The van der Waals surface area contributed by atoms with E-state index in [4.69, 9.17) is 25.5 Å². The molecule has 33 heavy (non-hydrogen) atoms. The van der Waals surface area contributed by atoms with Crippen LogP contribution in [0.15, 0.2) is 75.9 Å². The highest BCUT2D eigenvalue weighted by Gasteiger charge is 2.18. The Balaban J connectivity index is 1.68. The maximum atomic E-state index is 13.3. The molecule has 0 aliphatic rings. The zero-order valence-electron chi connectivity index (χ0n) is 18.6. The predicted octanol–water partition coefficient (Wildman–Crippen LogP) is 6.57. The van der Waals surface area contributed by atoms with Gasteiger partial charge in [-0.3, -0.25) is 4.79 Å². The van der Waals surface area contributed by atoms with Gasteiger partial charge in [0.25, 0.3) is 0 Å². The molecular weight excluding hydrogens is 440 g/mol. The van der Waals surface area contributed by atoms with Gasteiger partial charge in [-0.15, -0.1) is 0 Å². The summed E-state index contributed by atoms with van der Waals surface area (Å²) < 4.78 is 17.3. The molecule has 0 radical (unpaired) electrons. The van der Waals surface area contributed by atoms with Gasteiger partial charge >= 0.3 is 5.97 Å². The Morgan fingerprint density at radius 2 is 1.70 bits per heavy atom. The molecule has 4 rings (SSSR count). The van der Waals surface area contributed by atoms with Crippen molar-refractivity contribution in [3.63, 3.8) is 0 Å². The van der Waals surface area contributed by atoms with Gasteiger partial charge in [0, 0.05) is 10.6 Å². The number of benzene rings is 3. The van der Waals surface area contributed by atoms with E-state index in [0.29, 0.717) is 32.9 Å². The molecule has 1 aromatic heterocycles. The van der Waals surface area contributed by atoms with E-state index in [-0.39, 0.29) is 29.9 Å². The SMILES string of the molecule is Cc1ccc2oc(-c3ccc(Cl)cc3)c(OCc3ccc(C(=O)OC(C)C)cc3)c(=O)c2c1. The van der Waals surface area contributed by atoms with Gasteiger partial charge in [0.2, 0.25) is 11.2 Å². The largest absolute Gasteiger partial charge is 0.481 e. The summed E-state index contributed by atoms with van der Waals surface area (Å²) in [7, 11) is 0. The fraction of sp³-hybridized carbons (Fsp3) is 0.185. The highest BCUT2D eigenvalue weighted by Crippen LogP contribution is 2.32. The average molecular weight is 463 g/mol. The van der Waals surface area contributed by atoms with Crippen molar-refractivity contribution in [1.29, 1.82) is 0 Å². The van der Waals surface area contributed by atoms with Crippen molar-refractivity contribution in [3.8, 4) is 17.1 Å². The Bertz CT molecular complexity index is 1350. The Kier molecular flexibility index (Phi) is 6.52. The van der Waals surface area contributed by atoms with Crippen molar-refractivity contribution in [2.75, 3.05) is 0 Å². The third-order valence-electron chi connectivity index (χ3n) is 5.03. The molecule has 0 aliphatic carbocycles. The van der Waals surface area contributed by atoms with E-state index >= 15 is 0 Å². The average Bonchev–Trinajstić information content (AvgIpc) is 2.79. The summed E-state index contributed by atoms with van der Waals surface area (Å²) >= 11 is 6.03. The number of ether oxygens (including phenoxy) is 2. The molecule has 1 heterocycles. The van der Waals surface area contributed by atoms with E-state index in [9.17, 15) is 9.59 Å². The maximum Gasteiger partial charge on any atom is 0.338 e. The van der Waals surface area contributed by atoms with Gasteiger partial charge in [-0.1, -0.05) is 35.4 Å². The molecule has 0 N–H and O–H groups in total. The Hall–Kier alpha value is -3.57. The van der Waals surface area contributed by atoms with Crippen LogP contribution in [-0.4, -0.2) is 12.1 Å². The van der Waals surface area contributed by atoms with E-state index in [1.54, 1.807) is 74.5 Å². The van der Waals surface area contributed by atoms with Crippen LogP contribution < -0.4 is 10.2 Å². The quantitative estimate of drug-likeness (QED) is 0.303. The number of carbonyl (C=O) groups excluding carboxylic acids is 1. The number of rotatable bonds is 6. The van der Waals surface area contributed by atoms with Crippen LogP contribution in [0.1, 0.15) is 35.3 Å². The van der Waals surface area contributed by atoms with Crippen molar-refractivity contribution in [3.05, 3.63) is 98.7 Å². The third-order valence-corrected chi connectivity index (χ3v) is 5.28. The first-order chi connectivity index (χ1) is 15.8. The van der Waals surface area contributed by atoms with Crippen LogP contribution in [0.3, 0.4) is 0 Å². The van der Waals surface area contributed by atoms with E-state index in [1.165, 1.54) is 0 Å². The minimum atomic E-state index is -0.381. The van der Waals surface area contributed by atoms with Crippen molar-refractivity contribution in [2.24, 2.45) is 0 Å². The Labute approximate surface area is 196 Å². The predicted molar refractivity (Wildman–Crippen MR) is 129 cm³/mol. The molecule has 168 valence electrons. The summed E-state index contributed by atoms with van der Waals surface area (Å²) in [5.41, 5.74) is 3.11. The van der Waals surface area contributed by atoms with Gasteiger partial charge in [-0.25, -0.2) is 4.79 Å². The first kappa shape index (κ1) is 22.6. The lowest BCUT2D eigenvalue weighted by Crippen LogP contribution is -2.12. The van der Waals surface area contributed by atoms with E-state index in [2.05, 4.69) is 0 Å². The first-order valence-electron chi connectivity index (χ1n) is 10.6. The fourth-order valence-electron chi connectivity index (χ4n) is 3.39. The number of hydrogen-bond donors (Lipinski definition) is 0. The standard InChI is InChI=1S/C27H23ClO5/c1-16(2)32-27(30)20-7-5-18(6-8-20)15-31-26-24(29)22-14-17(3)4-13-23(22)33-25(26)19-9-11-21(28)12-10-19/h4-14,16H,15H2,1-3H3. The molecule has 0 unspecified atom stereocenters. The van der Waals surface area contributed by atoms with Gasteiger partial charge in [0.05, 0.1) is 17.1 Å². The van der Waals surface area contributed by atoms with Crippen LogP contribution in [0.5, 0.6) is 5.75 Å². The lowest BCUT2D eigenvalue weighted by Gasteiger charge is -2.13. The number of esters is 1. The molecule has 0 amide bonds. The number of hydrogen-bond acceptors (Lipinski definition) is 5. The van der Waals surface area contributed by atoms with Gasteiger partial charge < -0.3 is 13.9 Å². The lowest BCUT2D eigenvalue weighted by atomic mass is 10.1. The van der Waals surface area contributed by atoms with E-state index < -0.39 is 0 Å². The minimum absolute atomic E-state index is 0.124. The monoisotopic (exact) mass is 462 g/mol. The van der Waals surface area contributed by atoms with Crippen molar-refractivity contribution in [1.82, 2.24) is 0 Å². The van der Waals surface area contributed by atoms with Crippen molar-refractivity contribution in [2.45, 2.75) is 33.5 Å². The van der Waals surface area contributed by atoms with Gasteiger partial charge in [0.1, 0.15) is 12.2 Å². The minimum Gasteiger partial charge on any atom is -0.481 e. The van der Waals surface area contributed by atoms with Crippen LogP contribution in [0, 0.1) is 6.92 Å². The first-order valence-corrected chi connectivity index (χ1v) is 11.0. The van der Waals surface area contributed by atoms with Crippen molar-refractivity contribution >= 4 is 28.5 Å². The highest BCUT2D eigenvalue weighted by molar-refractivity contribution is 6.30. The molecule has 5 nitrogen and oxygen atoms in total. The molecule has 4 aromatic rings. The number of fused-ring (bicyclic) bond motifs is 1. The molecule has 0 aliphatic heterocycles. The molecule has 3 aromatic carbocycles. The number of carbonyl (C=O) groups is 1. The third kappa shape index (κ3) is 5.10. The van der Waals surface area contributed by atoms with Gasteiger partial charge in [-0.05, 0) is 74.9 Å². The van der Waals surface area contributed by atoms with Crippen LogP contribution in [-0.2, 0) is 11.3 Å². The summed E-state index contributed by atoms with van der Waals surface area (Å²) in [5.74, 6) is 0.0805. The summed E-state index contributed by atoms with van der Waals surface area (Å²) in [6, 6.07) is 19.4. The Morgan fingerprint density at radius 1 is 1.00 bits per heavy atom. The summed E-state index contributed by atoms with van der Waals surface area (Å²) in [4.78, 5) is 25.4. The number of halogens is 1. The molecule has 0 bridgehead atoms. The molecule has 0 saturated carbocycles. The second-order valence-electron chi connectivity index (χ2n) is 8.04. The fourth-order valence-corrected chi connectivity index (χ4v) is 3.52. The molecule has 0 saturated heterocycles. The lowest BCUT2D eigenvalue weighted by molar-refractivity contribution is 0.0378. The second-order valence-corrected chi connectivity index (χ2v) is 8.47. The molecule has 6 heteroatoms. The normalized spacial score (nSPS) is 11.1. The topological polar surface area (TPSA) is 65.7 Å². The van der Waals surface area contributed by atoms with E-state index in [0.717, 1.165) is 11.1 Å². The van der Waals surface area contributed by atoms with Crippen LogP contribution in [0.4, 0.5) is 0 Å². The number of aryl methyl sites for hydroxylation is 1. The smallest absolute Gasteiger partial charge is 0.338 e. The molecule has 0 fully saturated rings. The summed E-state index contributed by atoms with van der Waals surface area (Å²) in [6.07, 6.45) is -0.192. The second kappa shape index (κ2) is 9.51. The van der Waals surface area contributed by atoms with Crippen LogP contribution >= 0.6 is 11.6 Å². The molecule has 0 spiro atoms. The van der Waals surface area contributed by atoms with Gasteiger partial charge in [0.15, 0.2) is 5.76 Å². The zero-order valence-corrected chi connectivity index (χ0v) is 19.3. The molecular formula is C27H23ClO5. The van der Waals surface area contributed by atoms with Crippen LogP contribution in [0.2, 0.25) is 5.02 Å². The highest BCUT2D eigenvalue weighted by atomic mass is 35.5. The van der Waals surface area contributed by atoms with Gasteiger partial charge in [-0.2, -0.15) is 0 Å². The Morgan fingerprint density at radius 3 is 2.36 bits per heavy atom. The maximum absolute atomic E-state index is 13.3.